The van der Waals surface area contributed by atoms with Crippen molar-refractivity contribution in [1.29, 1.82) is 5.41 Å². The van der Waals surface area contributed by atoms with Crippen molar-refractivity contribution >= 4 is 6.21 Å². The number of nitrogens with two attached hydrogens (primary N) is 1. The van der Waals surface area contributed by atoms with Gasteiger partial charge in [-0.2, -0.15) is 0 Å². The van der Waals surface area contributed by atoms with Crippen LogP contribution in [-0.4, -0.2) is 6.21 Å². The van der Waals surface area contributed by atoms with Gasteiger partial charge in [-0.15, -0.1) is 0 Å². The second-order valence-corrected chi connectivity index (χ2v) is 2.07. The molecule has 2 nitrogen and oxygen atoms in total. The van der Waals surface area contributed by atoms with Crippen LogP contribution in [0.25, 0.3) is 0 Å². The highest BCUT2D eigenvalue weighted by molar-refractivity contribution is 5.82. The third kappa shape index (κ3) is 3.40. The van der Waals surface area contributed by atoms with Gasteiger partial charge < -0.3 is 11.1 Å². The van der Waals surface area contributed by atoms with E-state index >= 15 is 0 Å². The second kappa shape index (κ2) is 5.47. The molecule has 0 spiro atoms. The van der Waals surface area contributed by atoms with Crippen molar-refractivity contribution in [3.63, 3.8) is 0 Å². The predicted molar refractivity (Wildman–Crippen MR) is 49.6 cm³/mol. The molecule has 0 fully saturated rings. The van der Waals surface area contributed by atoms with Crippen molar-refractivity contribution in [2.24, 2.45) is 5.73 Å². The lowest BCUT2D eigenvalue weighted by Gasteiger charge is -1.98. The lowest BCUT2D eigenvalue weighted by molar-refractivity contribution is 1.18. The van der Waals surface area contributed by atoms with E-state index in [0.717, 1.165) is 6.42 Å². The molecule has 0 rings (SSSR count). The summed E-state index contributed by atoms with van der Waals surface area (Å²) in [6.07, 6.45) is 7.32. The van der Waals surface area contributed by atoms with Crippen LogP contribution in [0, 0.1) is 5.41 Å². The standard InChI is InChI=1S/C9H14N2/c1-3-5-8(7-10)9(11)6-4-2/h3,5-7,10H,1,4,11H2,2H3/b8-5-,9-6+,10-7?. The molecule has 0 aromatic rings. The molecule has 0 saturated carbocycles. The van der Waals surface area contributed by atoms with Crippen molar-refractivity contribution in [3.8, 4) is 0 Å². The molecule has 0 bridgehead atoms. The highest BCUT2D eigenvalue weighted by atomic mass is 14.6. The van der Waals surface area contributed by atoms with E-state index in [1.807, 2.05) is 13.0 Å². The zero-order valence-corrected chi connectivity index (χ0v) is 6.80. The van der Waals surface area contributed by atoms with Crippen molar-refractivity contribution in [1.82, 2.24) is 0 Å². The van der Waals surface area contributed by atoms with Gasteiger partial charge in [0.2, 0.25) is 0 Å². The summed E-state index contributed by atoms with van der Waals surface area (Å²) in [6.45, 7) is 5.53. The van der Waals surface area contributed by atoms with Gasteiger partial charge in [-0.25, -0.2) is 0 Å². The summed E-state index contributed by atoms with van der Waals surface area (Å²) in [5.74, 6) is 0. The third-order valence-corrected chi connectivity index (χ3v) is 1.21. The van der Waals surface area contributed by atoms with Crippen LogP contribution in [0.2, 0.25) is 0 Å². The first-order valence-electron chi connectivity index (χ1n) is 3.55. The first-order chi connectivity index (χ1) is 5.26. The largest absolute Gasteiger partial charge is 0.398 e. The second-order valence-electron chi connectivity index (χ2n) is 2.07. The van der Waals surface area contributed by atoms with E-state index in [4.69, 9.17) is 11.1 Å². The normalized spacial score (nSPS) is 12.8. The van der Waals surface area contributed by atoms with Crippen LogP contribution in [0.5, 0.6) is 0 Å². The molecule has 0 heterocycles. The molecule has 0 amide bonds. The summed E-state index contributed by atoms with van der Waals surface area (Å²) in [6, 6.07) is 0. The van der Waals surface area contributed by atoms with Crippen molar-refractivity contribution in [2.45, 2.75) is 13.3 Å². The van der Waals surface area contributed by atoms with Crippen molar-refractivity contribution < 1.29 is 0 Å². The number of hydrogen-bond acceptors (Lipinski definition) is 2. The van der Waals surface area contributed by atoms with Crippen LogP contribution in [-0.2, 0) is 0 Å². The average molecular weight is 150 g/mol. The Morgan fingerprint density at radius 1 is 1.64 bits per heavy atom. The van der Waals surface area contributed by atoms with Gasteiger partial charge in [0.15, 0.2) is 0 Å². The van der Waals surface area contributed by atoms with E-state index in [1.54, 1.807) is 12.2 Å². The summed E-state index contributed by atoms with van der Waals surface area (Å²) in [7, 11) is 0. The smallest absolute Gasteiger partial charge is 0.0362 e. The van der Waals surface area contributed by atoms with E-state index in [-0.39, 0.29) is 0 Å². The molecule has 60 valence electrons. The zero-order valence-electron chi connectivity index (χ0n) is 6.80. The fourth-order valence-corrected chi connectivity index (χ4v) is 0.692. The lowest BCUT2D eigenvalue weighted by Crippen LogP contribution is -2.01. The molecule has 0 atom stereocenters. The average Bonchev–Trinajstić information content (AvgIpc) is 2.00. The maximum atomic E-state index is 7.01. The number of allylic oxidation sites excluding steroid dienone is 4. The van der Waals surface area contributed by atoms with Crippen LogP contribution >= 0.6 is 0 Å². The summed E-state index contributed by atoms with van der Waals surface area (Å²) in [5, 5.41) is 7.01. The molecule has 0 unspecified atom stereocenters. The molecule has 11 heavy (non-hydrogen) atoms. The maximum Gasteiger partial charge on any atom is 0.0362 e. The van der Waals surface area contributed by atoms with Gasteiger partial charge in [0.05, 0.1) is 0 Å². The monoisotopic (exact) mass is 150 g/mol. The summed E-state index contributed by atoms with van der Waals surface area (Å²) in [4.78, 5) is 0. The van der Waals surface area contributed by atoms with Crippen LogP contribution in [0.4, 0.5) is 0 Å². The van der Waals surface area contributed by atoms with Gasteiger partial charge >= 0.3 is 0 Å². The minimum atomic E-state index is 0.641. The van der Waals surface area contributed by atoms with Gasteiger partial charge in [-0.3, -0.25) is 0 Å². The predicted octanol–water partition coefficient (Wildman–Crippen LogP) is 2.00. The lowest BCUT2D eigenvalue weighted by atomic mass is 10.2. The first kappa shape index (κ1) is 9.69. The van der Waals surface area contributed by atoms with Gasteiger partial charge in [-0.05, 0) is 6.42 Å². The molecule has 0 aliphatic rings. The molecule has 2 heteroatoms. The Morgan fingerprint density at radius 2 is 2.27 bits per heavy atom. The highest BCUT2D eigenvalue weighted by Gasteiger charge is 1.92. The van der Waals surface area contributed by atoms with E-state index in [0.29, 0.717) is 11.3 Å². The Hall–Kier alpha value is -1.31. The van der Waals surface area contributed by atoms with Crippen LogP contribution in [0.15, 0.2) is 36.1 Å². The molecule has 0 aliphatic carbocycles. The van der Waals surface area contributed by atoms with E-state index in [2.05, 4.69) is 6.58 Å². The third-order valence-electron chi connectivity index (χ3n) is 1.21. The highest BCUT2D eigenvalue weighted by Crippen LogP contribution is 2.01. The number of rotatable bonds is 4. The Labute approximate surface area is 67.6 Å². The first-order valence-corrected chi connectivity index (χ1v) is 3.55. The van der Waals surface area contributed by atoms with Crippen molar-refractivity contribution in [3.05, 3.63) is 36.1 Å². The fraction of sp³-hybridized carbons (Fsp3) is 0.222. The van der Waals surface area contributed by atoms with E-state index in [1.165, 1.54) is 6.21 Å². The topological polar surface area (TPSA) is 49.9 Å². The Balaban J connectivity index is 4.50. The van der Waals surface area contributed by atoms with Gasteiger partial charge in [0, 0.05) is 17.5 Å². The van der Waals surface area contributed by atoms with Gasteiger partial charge in [0.1, 0.15) is 0 Å². The molecule has 0 aromatic carbocycles. The fourth-order valence-electron chi connectivity index (χ4n) is 0.692. The molecular formula is C9H14N2. The number of hydrogen-bond donors (Lipinski definition) is 2. The quantitative estimate of drug-likeness (QED) is 0.467. The summed E-state index contributed by atoms with van der Waals surface area (Å²) < 4.78 is 0. The minimum Gasteiger partial charge on any atom is -0.398 e. The Kier molecular flexibility index (Phi) is 4.82. The van der Waals surface area contributed by atoms with Gasteiger partial charge in [0.25, 0.3) is 0 Å². The molecule has 0 aromatic heterocycles. The Morgan fingerprint density at radius 3 is 2.64 bits per heavy atom. The molecule has 0 aliphatic heterocycles. The zero-order chi connectivity index (χ0) is 8.69. The number of nitrogens with one attached hydrogen (secondary N) is 1. The molecule has 0 saturated heterocycles. The van der Waals surface area contributed by atoms with Crippen molar-refractivity contribution in [2.75, 3.05) is 0 Å². The maximum absolute atomic E-state index is 7.01. The van der Waals surface area contributed by atoms with Crippen LogP contribution < -0.4 is 5.73 Å². The Bertz CT molecular complexity index is 200. The van der Waals surface area contributed by atoms with E-state index in [9.17, 15) is 0 Å². The molecular weight excluding hydrogens is 136 g/mol. The van der Waals surface area contributed by atoms with Gasteiger partial charge in [-0.1, -0.05) is 31.7 Å². The summed E-state index contributed by atoms with van der Waals surface area (Å²) in [5.41, 5.74) is 6.97. The minimum absolute atomic E-state index is 0.641. The summed E-state index contributed by atoms with van der Waals surface area (Å²) >= 11 is 0. The van der Waals surface area contributed by atoms with E-state index < -0.39 is 0 Å². The molecule has 3 N–H and O–H groups in total. The van der Waals surface area contributed by atoms with Crippen LogP contribution in [0.3, 0.4) is 0 Å². The van der Waals surface area contributed by atoms with Crippen LogP contribution in [0.1, 0.15) is 13.3 Å². The molecule has 0 radical (unpaired) electrons. The SMILES string of the molecule is C=C/C=C(C=N)\C(N)=C/CC.